The first-order valence-corrected chi connectivity index (χ1v) is 8.01. The Morgan fingerprint density at radius 2 is 1.92 bits per heavy atom. The van der Waals surface area contributed by atoms with Gasteiger partial charge in [0.15, 0.2) is 0 Å². The molecule has 0 aliphatic carbocycles. The van der Waals surface area contributed by atoms with Crippen molar-refractivity contribution in [3.05, 3.63) is 65.5 Å². The van der Waals surface area contributed by atoms with Gasteiger partial charge < -0.3 is 15.8 Å². The zero-order chi connectivity index (χ0) is 17.4. The van der Waals surface area contributed by atoms with Crippen molar-refractivity contribution in [1.29, 1.82) is 0 Å². The van der Waals surface area contributed by atoms with Crippen LogP contribution < -0.4 is 15.8 Å². The quantitative estimate of drug-likeness (QED) is 0.750. The van der Waals surface area contributed by atoms with E-state index in [1.807, 2.05) is 37.3 Å². The fourth-order valence-electron chi connectivity index (χ4n) is 2.14. The Morgan fingerprint density at radius 1 is 1.20 bits per heavy atom. The molecule has 0 spiro atoms. The summed E-state index contributed by atoms with van der Waals surface area (Å²) in [5.41, 5.74) is 7.40. The SMILES string of the molecule is CC(N)CCC(=O)NCc1ccc(OCc2cccc(F)c2)cc1.Cl. The standard InChI is InChI=1S/C19H23FN2O2.ClH/c1-14(21)5-10-19(23)22-12-15-6-8-18(9-7-15)24-13-16-3-2-4-17(20)11-16;/h2-4,6-9,11,14H,5,10,12-13,21H2,1H3,(H,22,23);1H. The van der Waals surface area contributed by atoms with Crippen LogP contribution in [-0.2, 0) is 17.9 Å². The molecular weight excluding hydrogens is 343 g/mol. The Morgan fingerprint density at radius 3 is 2.56 bits per heavy atom. The molecule has 0 saturated heterocycles. The molecule has 1 unspecified atom stereocenters. The Labute approximate surface area is 154 Å². The number of ether oxygens (including phenoxy) is 1. The van der Waals surface area contributed by atoms with Crippen molar-refractivity contribution in [2.24, 2.45) is 5.73 Å². The summed E-state index contributed by atoms with van der Waals surface area (Å²) in [5.74, 6) is 0.427. The number of carbonyl (C=O) groups excluding carboxylic acids is 1. The fourth-order valence-corrected chi connectivity index (χ4v) is 2.14. The van der Waals surface area contributed by atoms with Crippen LogP contribution in [0.3, 0.4) is 0 Å². The van der Waals surface area contributed by atoms with Crippen LogP contribution in [0.1, 0.15) is 30.9 Å². The minimum atomic E-state index is -0.272. The Hall–Kier alpha value is -2.11. The number of halogens is 2. The van der Waals surface area contributed by atoms with Gasteiger partial charge in [0.2, 0.25) is 5.91 Å². The molecule has 2 aromatic rings. The summed E-state index contributed by atoms with van der Waals surface area (Å²) in [7, 11) is 0. The molecule has 0 fully saturated rings. The van der Waals surface area contributed by atoms with Crippen molar-refractivity contribution in [2.75, 3.05) is 0 Å². The van der Waals surface area contributed by atoms with Crippen LogP contribution in [0.5, 0.6) is 5.75 Å². The number of nitrogens with two attached hydrogens (primary N) is 1. The lowest BCUT2D eigenvalue weighted by atomic mass is 10.2. The second-order valence-corrected chi connectivity index (χ2v) is 5.86. The molecule has 3 N–H and O–H groups in total. The summed E-state index contributed by atoms with van der Waals surface area (Å²) >= 11 is 0. The van der Waals surface area contributed by atoms with Crippen LogP contribution in [0.2, 0.25) is 0 Å². The molecular formula is C19H24ClFN2O2. The van der Waals surface area contributed by atoms with Gasteiger partial charge in [-0.25, -0.2) is 4.39 Å². The number of carbonyl (C=O) groups is 1. The zero-order valence-corrected chi connectivity index (χ0v) is 15.0. The molecule has 2 rings (SSSR count). The van der Waals surface area contributed by atoms with Crippen molar-refractivity contribution >= 4 is 18.3 Å². The summed E-state index contributed by atoms with van der Waals surface area (Å²) in [6, 6.07) is 13.8. The van der Waals surface area contributed by atoms with E-state index in [4.69, 9.17) is 10.5 Å². The van der Waals surface area contributed by atoms with E-state index in [1.165, 1.54) is 12.1 Å². The molecule has 1 atom stereocenters. The summed E-state index contributed by atoms with van der Waals surface area (Å²) in [6.07, 6.45) is 1.12. The second-order valence-electron chi connectivity index (χ2n) is 5.86. The molecule has 2 aromatic carbocycles. The molecule has 0 bridgehead atoms. The first kappa shape index (κ1) is 20.9. The maximum absolute atomic E-state index is 13.1. The maximum Gasteiger partial charge on any atom is 0.220 e. The van der Waals surface area contributed by atoms with Crippen LogP contribution in [0.15, 0.2) is 48.5 Å². The number of hydrogen-bond acceptors (Lipinski definition) is 3. The van der Waals surface area contributed by atoms with E-state index in [-0.39, 0.29) is 30.2 Å². The number of rotatable bonds is 8. The number of benzene rings is 2. The van der Waals surface area contributed by atoms with Crippen LogP contribution in [0, 0.1) is 5.82 Å². The third kappa shape index (κ3) is 8.01. The minimum absolute atomic E-state index is 0. The predicted molar refractivity (Wildman–Crippen MR) is 99.2 cm³/mol. The van der Waals surface area contributed by atoms with Gasteiger partial charge in [0.1, 0.15) is 18.2 Å². The third-order valence-electron chi connectivity index (χ3n) is 3.53. The van der Waals surface area contributed by atoms with E-state index in [1.54, 1.807) is 6.07 Å². The normalized spacial score (nSPS) is 11.3. The van der Waals surface area contributed by atoms with Crippen molar-refractivity contribution in [3.8, 4) is 5.75 Å². The highest BCUT2D eigenvalue weighted by molar-refractivity contribution is 5.85. The topological polar surface area (TPSA) is 64.4 Å². The molecule has 0 aliphatic rings. The van der Waals surface area contributed by atoms with Gasteiger partial charge in [-0.2, -0.15) is 0 Å². The van der Waals surface area contributed by atoms with E-state index in [0.717, 1.165) is 11.1 Å². The monoisotopic (exact) mass is 366 g/mol. The van der Waals surface area contributed by atoms with E-state index < -0.39 is 0 Å². The molecule has 0 radical (unpaired) electrons. The van der Waals surface area contributed by atoms with Gasteiger partial charge in [-0.15, -0.1) is 12.4 Å². The van der Waals surface area contributed by atoms with Crippen LogP contribution in [0.4, 0.5) is 4.39 Å². The van der Waals surface area contributed by atoms with E-state index in [0.29, 0.717) is 31.7 Å². The fraction of sp³-hybridized carbons (Fsp3) is 0.316. The Balaban J connectivity index is 0.00000312. The van der Waals surface area contributed by atoms with Crippen molar-refractivity contribution < 1.29 is 13.9 Å². The molecule has 0 saturated carbocycles. The average molecular weight is 367 g/mol. The van der Waals surface area contributed by atoms with Crippen LogP contribution >= 0.6 is 12.4 Å². The van der Waals surface area contributed by atoms with Gasteiger partial charge in [0, 0.05) is 19.0 Å². The lowest BCUT2D eigenvalue weighted by Crippen LogP contribution is -2.25. The largest absolute Gasteiger partial charge is 0.489 e. The van der Waals surface area contributed by atoms with Gasteiger partial charge >= 0.3 is 0 Å². The van der Waals surface area contributed by atoms with Gasteiger partial charge in [-0.1, -0.05) is 24.3 Å². The molecule has 0 aromatic heterocycles. The van der Waals surface area contributed by atoms with Crippen LogP contribution in [-0.4, -0.2) is 11.9 Å². The molecule has 25 heavy (non-hydrogen) atoms. The summed E-state index contributed by atoms with van der Waals surface area (Å²) in [6.45, 7) is 2.67. The lowest BCUT2D eigenvalue weighted by molar-refractivity contribution is -0.121. The molecule has 1 amide bonds. The van der Waals surface area contributed by atoms with E-state index in [2.05, 4.69) is 5.32 Å². The Kier molecular flexibility index (Phi) is 8.95. The summed E-state index contributed by atoms with van der Waals surface area (Å²) in [5, 5.41) is 2.86. The maximum atomic E-state index is 13.1. The Bertz CT molecular complexity index is 663. The third-order valence-corrected chi connectivity index (χ3v) is 3.53. The van der Waals surface area contributed by atoms with Crippen LogP contribution in [0.25, 0.3) is 0 Å². The lowest BCUT2D eigenvalue weighted by Gasteiger charge is -2.09. The highest BCUT2D eigenvalue weighted by atomic mass is 35.5. The zero-order valence-electron chi connectivity index (χ0n) is 14.2. The van der Waals surface area contributed by atoms with E-state index >= 15 is 0 Å². The van der Waals surface area contributed by atoms with Crippen molar-refractivity contribution in [2.45, 2.75) is 39.0 Å². The van der Waals surface area contributed by atoms with E-state index in [9.17, 15) is 9.18 Å². The summed E-state index contributed by atoms with van der Waals surface area (Å²) in [4.78, 5) is 11.7. The second kappa shape index (κ2) is 10.7. The predicted octanol–water partition coefficient (Wildman–Crippen LogP) is 3.57. The van der Waals surface area contributed by atoms with Gasteiger partial charge in [-0.3, -0.25) is 4.79 Å². The first-order chi connectivity index (χ1) is 11.5. The molecule has 0 heterocycles. The highest BCUT2D eigenvalue weighted by Gasteiger charge is 2.04. The van der Waals surface area contributed by atoms with Gasteiger partial charge in [-0.05, 0) is 48.7 Å². The van der Waals surface area contributed by atoms with Gasteiger partial charge in [0.25, 0.3) is 0 Å². The van der Waals surface area contributed by atoms with Gasteiger partial charge in [0.05, 0.1) is 0 Å². The molecule has 4 nitrogen and oxygen atoms in total. The smallest absolute Gasteiger partial charge is 0.220 e. The molecule has 6 heteroatoms. The highest BCUT2D eigenvalue weighted by Crippen LogP contribution is 2.14. The number of amides is 1. The average Bonchev–Trinajstić information content (AvgIpc) is 2.57. The first-order valence-electron chi connectivity index (χ1n) is 8.01. The van der Waals surface area contributed by atoms with Crippen molar-refractivity contribution in [3.63, 3.8) is 0 Å². The number of hydrogen-bond donors (Lipinski definition) is 2. The molecule has 136 valence electrons. The summed E-state index contributed by atoms with van der Waals surface area (Å²) < 4.78 is 18.7. The minimum Gasteiger partial charge on any atom is -0.489 e. The number of nitrogens with one attached hydrogen (secondary N) is 1. The van der Waals surface area contributed by atoms with Crippen molar-refractivity contribution in [1.82, 2.24) is 5.32 Å². The molecule has 0 aliphatic heterocycles.